The van der Waals surface area contributed by atoms with Crippen LogP contribution in [-0.2, 0) is 9.59 Å². The first kappa shape index (κ1) is 10.5. The fraction of sp³-hybridized carbons (Fsp3) is 0.667. The van der Waals surface area contributed by atoms with Gasteiger partial charge >= 0.3 is 11.9 Å². The van der Waals surface area contributed by atoms with E-state index in [0.29, 0.717) is 12.8 Å². The van der Waals surface area contributed by atoms with Crippen LogP contribution in [0.3, 0.4) is 0 Å². The Kier molecular flexibility index (Phi) is 2.75. The maximum atomic E-state index is 11.0. The van der Waals surface area contributed by atoms with E-state index in [1.807, 2.05) is 0 Å². The van der Waals surface area contributed by atoms with Gasteiger partial charge in [-0.15, -0.1) is 0 Å². The van der Waals surface area contributed by atoms with Crippen molar-refractivity contribution in [1.82, 2.24) is 0 Å². The summed E-state index contributed by atoms with van der Waals surface area (Å²) >= 11 is 0. The third kappa shape index (κ3) is 1.43. The van der Waals surface area contributed by atoms with Crippen LogP contribution in [0.15, 0.2) is 0 Å². The van der Waals surface area contributed by atoms with E-state index in [0.717, 1.165) is 0 Å². The molecule has 0 aromatic carbocycles. The normalized spacial score (nSPS) is 21.1. The maximum Gasteiger partial charge on any atom is 0.322 e. The van der Waals surface area contributed by atoms with Crippen LogP contribution in [0, 0.1) is 22.7 Å². The quantitative estimate of drug-likeness (QED) is 0.698. The van der Waals surface area contributed by atoms with E-state index in [-0.39, 0.29) is 12.8 Å². The highest BCUT2D eigenvalue weighted by Gasteiger charge is 2.51. The van der Waals surface area contributed by atoms with Gasteiger partial charge in [-0.05, 0) is 12.8 Å². The van der Waals surface area contributed by atoms with Gasteiger partial charge in [0.1, 0.15) is 0 Å². The molecule has 0 bridgehead atoms. The predicted molar refractivity (Wildman–Crippen MR) is 45.3 cm³/mol. The third-order valence-corrected chi connectivity index (χ3v) is 2.85. The molecule has 14 heavy (non-hydrogen) atoms. The summed E-state index contributed by atoms with van der Waals surface area (Å²) in [6.07, 6.45) is 1.93. The number of carboxylic acid groups (broad SMARTS) is 2. The van der Waals surface area contributed by atoms with Crippen molar-refractivity contribution in [2.45, 2.75) is 25.7 Å². The summed E-state index contributed by atoms with van der Waals surface area (Å²) in [5.74, 6) is -3.93. The molecule has 1 unspecified atom stereocenters. The minimum absolute atomic E-state index is 0.285. The molecule has 1 aliphatic carbocycles. The molecule has 5 nitrogen and oxygen atoms in total. The molecular weight excluding hydrogens is 186 g/mol. The smallest absolute Gasteiger partial charge is 0.322 e. The van der Waals surface area contributed by atoms with Gasteiger partial charge in [0, 0.05) is 0 Å². The molecule has 0 aromatic rings. The lowest BCUT2D eigenvalue weighted by Crippen LogP contribution is -2.39. The topological polar surface area (TPSA) is 98.4 Å². The van der Waals surface area contributed by atoms with Gasteiger partial charge in [-0.2, -0.15) is 5.26 Å². The molecule has 0 saturated heterocycles. The average molecular weight is 197 g/mol. The summed E-state index contributed by atoms with van der Waals surface area (Å²) in [7, 11) is 0. The van der Waals surface area contributed by atoms with Crippen LogP contribution < -0.4 is 0 Å². The molecule has 0 heterocycles. The number of hydrogen-bond acceptors (Lipinski definition) is 3. The van der Waals surface area contributed by atoms with Crippen LogP contribution in [-0.4, -0.2) is 22.2 Å². The molecule has 5 heteroatoms. The summed E-state index contributed by atoms with van der Waals surface area (Å²) in [5, 5.41) is 26.4. The molecule has 1 rings (SSSR count). The number of carbonyl (C=O) groups is 2. The Bertz CT molecular complexity index is 298. The van der Waals surface area contributed by atoms with Crippen LogP contribution in [0.25, 0.3) is 0 Å². The largest absolute Gasteiger partial charge is 0.481 e. The number of carboxylic acids is 2. The molecule has 0 aliphatic heterocycles. The van der Waals surface area contributed by atoms with E-state index in [9.17, 15) is 9.59 Å². The molecule has 76 valence electrons. The fourth-order valence-corrected chi connectivity index (χ4v) is 2.05. The first-order valence-electron chi connectivity index (χ1n) is 4.40. The number of nitriles is 1. The van der Waals surface area contributed by atoms with Crippen molar-refractivity contribution < 1.29 is 19.8 Å². The molecule has 1 fully saturated rings. The van der Waals surface area contributed by atoms with E-state index < -0.39 is 23.3 Å². The van der Waals surface area contributed by atoms with Crippen molar-refractivity contribution in [1.29, 1.82) is 5.26 Å². The molecule has 0 amide bonds. The molecule has 0 aromatic heterocycles. The lowest BCUT2D eigenvalue weighted by molar-refractivity contribution is -0.159. The molecule has 0 radical (unpaired) electrons. The number of nitrogens with zero attached hydrogens (tertiary/aromatic N) is 1. The number of rotatable bonds is 3. The van der Waals surface area contributed by atoms with Gasteiger partial charge in [-0.1, -0.05) is 12.8 Å². The zero-order valence-corrected chi connectivity index (χ0v) is 7.56. The molecule has 1 aliphatic rings. The van der Waals surface area contributed by atoms with E-state index in [4.69, 9.17) is 15.5 Å². The predicted octanol–water partition coefficient (Wildman–Crippen LogP) is 0.856. The van der Waals surface area contributed by atoms with E-state index in [2.05, 4.69) is 0 Å². The third-order valence-electron chi connectivity index (χ3n) is 2.85. The lowest BCUT2D eigenvalue weighted by atomic mass is 9.74. The Morgan fingerprint density at radius 3 is 2.07 bits per heavy atom. The van der Waals surface area contributed by atoms with Gasteiger partial charge in [-0.25, -0.2) is 0 Å². The van der Waals surface area contributed by atoms with Crippen LogP contribution in [0.4, 0.5) is 0 Å². The first-order valence-corrected chi connectivity index (χ1v) is 4.40. The van der Waals surface area contributed by atoms with Gasteiger partial charge in [0.2, 0.25) is 0 Å². The lowest BCUT2D eigenvalue weighted by Gasteiger charge is -2.25. The number of hydrogen-bond donors (Lipinski definition) is 2. The van der Waals surface area contributed by atoms with E-state index >= 15 is 0 Å². The monoisotopic (exact) mass is 197 g/mol. The molecule has 2 N–H and O–H groups in total. The van der Waals surface area contributed by atoms with Crippen molar-refractivity contribution in [3.8, 4) is 6.07 Å². The van der Waals surface area contributed by atoms with Gasteiger partial charge in [0.15, 0.2) is 5.92 Å². The summed E-state index contributed by atoms with van der Waals surface area (Å²) < 4.78 is 0. The summed E-state index contributed by atoms with van der Waals surface area (Å²) in [6, 6.07) is 1.59. The molecule has 1 atom stereocenters. The van der Waals surface area contributed by atoms with E-state index in [1.54, 1.807) is 6.07 Å². The maximum absolute atomic E-state index is 11.0. The van der Waals surface area contributed by atoms with Gasteiger partial charge in [0.25, 0.3) is 0 Å². The highest BCUT2D eigenvalue weighted by atomic mass is 16.4. The molecular formula is C9H11NO4. The second-order valence-corrected chi connectivity index (χ2v) is 3.57. The SMILES string of the molecule is N#CC(C(=O)O)C1(C(=O)O)CCCC1. The zero-order valence-electron chi connectivity index (χ0n) is 7.56. The summed E-state index contributed by atoms with van der Waals surface area (Å²) in [5.41, 5.74) is -1.36. The van der Waals surface area contributed by atoms with Crippen molar-refractivity contribution in [3.05, 3.63) is 0 Å². The first-order chi connectivity index (χ1) is 6.54. The van der Waals surface area contributed by atoms with Crippen LogP contribution in [0.2, 0.25) is 0 Å². The molecule has 1 saturated carbocycles. The summed E-state index contributed by atoms with van der Waals surface area (Å²) in [6.45, 7) is 0. The summed E-state index contributed by atoms with van der Waals surface area (Å²) in [4.78, 5) is 21.8. The van der Waals surface area contributed by atoms with Gasteiger partial charge < -0.3 is 10.2 Å². The Morgan fingerprint density at radius 1 is 1.29 bits per heavy atom. The molecule has 0 spiro atoms. The van der Waals surface area contributed by atoms with Crippen LogP contribution >= 0.6 is 0 Å². The minimum Gasteiger partial charge on any atom is -0.481 e. The van der Waals surface area contributed by atoms with Crippen LogP contribution in [0.1, 0.15) is 25.7 Å². The van der Waals surface area contributed by atoms with Gasteiger partial charge in [-0.3, -0.25) is 9.59 Å². The van der Waals surface area contributed by atoms with Crippen molar-refractivity contribution >= 4 is 11.9 Å². The fourth-order valence-electron chi connectivity index (χ4n) is 2.05. The second kappa shape index (κ2) is 3.66. The van der Waals surface area contributed by atoms with E-state index in [1.165, 1.54) is 0 Å². The highest BCUT2D eigenvalue weighted by Crippen LogP contribution is 2.44. The van der Waals surface area contributed by atoms with Crippen molar-refractivity contribution in [2.24, 2.45) is 11.3 Å². The average Bonchev–Trinajstić information content (AvgIpc) is 2.54. The highest BCUT2D eigenvalue weighted by molar-refractivity contribution is 5.85. The second-order valence-electron chi connectivity index (χ2n) is 3.57. The van der Waals surface area contributed by atoms with Crippen LogP contribution in [0.5, 0.6) is 0 Å². The Labute approximate surface area is 81.0 Å². The van der Waals surface area contributed by atoms with Gasteiger partial charge in [0.05, 0.1) is 11.5 Å². The standard InChI is InChI=1S/C9H11NO4/c10-5-6(7(11)12)9(8(13)14)3-1-2-4-9/h6H,1-4H2,(H,11,12)(H,13,14). The Morgan fingerprint density at radius 2 is 1.79 bits per heavy atom. The number of aliphatic carboxylic acids is 2. The minimum atomic E-state index is -1.43. The van der Waals surface area contributed by atoms with Crippen molar-refractivity contribution in [3.63, 3.8) is 0 Å². The van der Waals surface area contributed by atoms with Crippen molar-refractivity contribution in [2.75, 3.05) is 0 Å². The zero-order chi connectivity index (χ0) is 10.8. The Balaban J connectivity index is 3.04. The Hall–Kier alpha value is -1.57.